The number of nitrogens with zero attached hydrogens (tertiary/aromatic N) is 1. The van der Waals surface area contributed by atoms with Gasteiger partial charge in [-0.3, -0.25) is 4.90 Å². The molecule has 8 heteroatoms. The van der Waals surface area contributed by atoms with Crippen molar-refractivity contribution in [1.82, 2.24) is 9.62 Å². The zero-order valence-corrected chi connectivity index (χ0v) is 16.8. The molecule has 2 aromatic carbocycles. The van der Waals surface area contributed by atoms with Crippen LogP contribution in [0.1, 0.15) is 17.2 Å². The first-order valence-corrected chi connectivity index (χ1v) is 10.6. The lowest BCUT2D eigenvalue weighted by atomic mass is 10.0. The molecule has 28 heavy (non-hydrogen) atoms. The standard InChI is InChI=1S/C20H25FN2O4S/c1-15-3-8-19(26-2)20(13-15)28(24,25)22-14-18(23-9-11-27-12-10-23)16-4-6-17(21)7-5-16/h3-8,13,18,22H,9-12,14H2,1-2H3/t18-/m0/s1. The molecular formula is C20H25FN2O4S. The summed E-state index contributed by atoms with van der Waals surface area (Å²) in [7, 11) is -2.34. The van der Waals surface area contributed by atoms with Gasteiger partial charge in [-0.05, 0) is 42.3 Å². The van der Waals surface area contributed by atoms with Crippen LogP contribution in [-0.2, 0) is 14.8 Å². The number of rotatable bonds is 7. The van der Waals surface area contributed by atoms with E-state index in [1.165, 1.54) is 19.2 Å². The summed E-state index contributed by atoms with van der Waals surface area (Å²) in [6.07, 6.45) is 0. The third kappa shape index (κ3) is 4.88. The topological polar surface area (TPSA) is 67.9 Å². The number of benzene rings is 2. The van der Waals surface area contributed by atoms with Crippen LogP contribution in [0, 0.1) is 12.7 Å². The van der Waals surface area contributed by atoms with E-state index in [-0.39, 0.29) is 23.3 Å². The number of nitrogens with one attached hydrogen (secondary N) is 1. The van der Waals surface area contributed by atoms with E-state index in [0.29, 0.717) is 32.1 Å². The van der Waals surface area contributed by atoms with E-state index in [1.807, 2.05) is 6.92 Å². The summed E-state index contributed by atoms with van der Waals surface area (Å²) < 4.78 is 52.6. The summed E-state index contributed by atoms with van der Waals surface area (Å²) in [5.41, 5.74) is 1.67. The number of methoxy groups -OCH3 is 1. The molecule has 6 nitrogen and oxygen atoms in total. The average Bonchev–Trinajstić information content (AvgIpc) is 2.70. The molecule has 0 amide bonds. The Kier molecular flexibility index (Phi) is 6.66. The first kappa shape index (κ1) is 20.7. The van der Waals surface area contributed by atoms with Crippen molar-refractivity contribution in [2.45, 2.75) is 17.9 Å². The quantitative estimate of drug-likeness (QED) is 0.763. The van der Waals surface area contributed by atoms with Crippen LogP contribution in [0.2, 0.25) is 0 Å². The van der Waals surface area contributed by atoms with Gasteiger partial charge in [0, 0.05) is 25.7 Å². The highest BCUT2D eigenvalue weighted by Gasteiger charge is 2.26. The lowest BCUT2D eigenvalue weighted by Crippen LogP contribution is -2.43. The van der Waals surface area contributed by atoms with Crippen molar-refractivity contribution < 1.29 is 22.3 Å². The van der Waals surface area contributed by atoms with Gasteiger partial charge in [-0.25, -0.2) is 17.5 Å². The first-order valence-electron chi connectivity index (χ1n) is 9.12. The summed E-state index contributed by atoms with van der Waals surface area (Å²) in [6, 6.07) is 11.0. The Labute approximate surface area is 165 Å². The molecule has 0 unspecified atom stereocenters. The lowest BCUT2D eigenvalue weighted by Gasteiger charge is -2.35. The predicted molar refractivity (Wildman–Crippen MR) is 104 cm³/mol. The van der Waals surface area contributed by atoms with Gasteiger partial charge in [-0.15, -0.1) is 0 Å². The van der Waals surface area contributed by atoms with Gasteiger partial charge >= 0.3 is 0 Å². The molecule has 0 radical (unpaired) electrons. The van der Waals surface area contributed by atoms with E-state index in [4.69, 9.17) is 9.47 Å². The summed E-state index contributed by atoms with van der Waals surface area (Å²) in [5.74, 6) is -0.0302. The molecular weight excluding hydrogens is 383 g/mol. The van der Waals surface area contributed by atoms with Crippen LogP contribution < -0.4 is 9.46 Å². The van der Waals surface area contributed by atoms with Crippen LogP contribution in [0.3, 0.4) is 0 Å². The van der Waals surface area contributed by atoms with E-state index in [1.54, 1.807) is 30.3 Å². The Morgan fingerprint density at radius 2 is 1.86 bits per heavy atom. The third-order valence-electron chi connectivity index (χ3n) is 4.82. The van der Waals surface area contributed by atoms with Gasteiger partial charge in [0.05, 0.1) is 20.3 Å². The van der Waals surface area contributed by atoms with Gasteiger partial charge in [-0.2, -0.15) is 0 Å². The molecule has 152 valence electrons. The normalized spacial score (nSPS) is 16.7. The van der Waals surface area contributed by atoms with E-state index in [2.05, 4.69) is 9.62 Å². The van der Waals surface area contributed by atoms with Crippen LogP contribution in [0.5, 0.6) is 5.75 Å². The van der Waals surface area contributed by atoms with Gasteiger partial charge in [0.1, 0.15) is 16.5 Å². The van der Waals surface area contributed by atoms with Crippen molar-refractivity contribution in [1.29, 1.82) is 0 Å². The number of hydrogen-bond donors (Lipinski definition) is 1. The van der Waals surface area contributed by atoms with Gasteiger partial charge in [-0.1, -0.05) is 18.2 Å². The smallest absolute Gasteiger partial charge is 0.244 e. The van der Waals surface area contributed by atoms with Crippen molar-refractivity contribution in [3.8, 4) is 5.75 Å². The van der Waals surface area contributed by atoms with Crippen LogP contribution in [-0.4, -0.2) is 53.3 Å². The number of aryl methyl sites for hydroxylation is 1. The molecule has 0 spiro atoms. The molecule has 3 rings (SSSR count). The minimum absolute atomic E-state index is 0.106. The average molecular weight is 408 g/mol. The van der Waals surface area contributed by atoms with Crippen molar-refractivity contribution in [3.05, 3.63) is 59.4 Å². The fourth-order valence-corrected chi connectivity index (χ4v) is 4.58. The molecule has 1 fully saturated rings. The van der Waals surface area contributed by atoms with Crippen LogP contribution >= 0.6 is 0 Å². The number of ether oxygens (including phenoxy) is 2. The van der Waals surface area contributed by atoms with Gasteiger partial charge < -0.3 is 9.47 Å². The Morgan fingerprint density at radius 1 is 1.18 bits per heavy atom. The summed E-state index contributed by atoms with van der Waals surface area (Å²) in [5, 5.41) is 0. The van der Waals surface area contributed by atoms with Crippen LogP contribution in [0.25, 0.3) is 0 Å². The highest BCUT2D eigenvalue weighted by molar-refractivity contribution is 7.89. The minimum Gasteiger partial charge on any atom is -0.495 e. The lowest BCUT2D eigenvalue weighted by molar-refractivity contribution is 0.0172. The molecule has 0 aromatic heterocycles. The number of sulfonamides is 1. The monoisotopic (exact) mass is 408 g/mol. The molecule has 1 saturated heterocycles. The van der Waals surface area contributed by atoms with Gasteiger partial charge in [0.2, 0.25) is 10.0 Å². The SMILES string of the molecule is COc1ccc(C)cc1S(=O)(=O)NC[C@@H](c1ccc(F)cc1)N1CCOCC1. The minimum atomic E-state index is -3.78. The molecule has 1 atom stereocenters. The fraction of sp³-hybridized carbons (Fsp3) is 0.400. The van der Waals surface area contributed by atoms with Gasteiger partial charge in [0.25, 0.3) is 0 Å². The molecule has 1 aliphatic rings. The molecule has 1 N–H and O–H groups in total. The highest BCUT2D eigenvalue weighted by Crippen LogP contribution is 2.26. The molecule has 0 saturated carbocycles. The van der Waals surface area contributed by atoms with Crippen LogP contribution in [0.4, 0.5) is 4.39 Å². The molecule has 2 aromatic rings. The maximum Gasteiger partial charge on any atom is 0.244 e. The second-order valence-corrected chi connectivity index (χ2v) is 8.46. The number of morpholine rings is 1. The van der Waals surface area contributed by atoms with Gasteiger partial charge in [0.15, 0.2) is 0 Å². The maximum absolute atomic E-state index is 13.4. The van der Waals surface area contributed by atoms with E-state index < -0.39 is 10.0 Å². The molecule has 1 aliphatic heterocycles. The Hall–Kier alpha value is -2.00. The van der Waals surface area contributed by atoms with Crippen LogP contribution in [0.15, 0.2) is 47.4 Å². The second kappa shape index (κ2) is 9.00. The third-order valence-corrected chi connectivity index (χ3v) is 6.26. The van der Waals surface area contributed by atoms with Crippen molar-refractivity contribution >= 4 is 10.0 Å². The highest BCUT2D eigenvalue weighted by atomic mass is 32.2. The van der Waals surface area contributed by atoms with E-state index in [0.717, 1.165) is 11.1 Å². The number of halogens is 1. The summed E-state index contributed by atoms with van der Waals surface area (Å²) in [4.78, 5) is 2.25. The Morgan fingerprint density at radius 3 is 2.50 bits per heavy atom. The van der Waals surface area contributed by atoms with Crippen molar-refractivity contribution in [2.24, 2.45) is 0 Å². The summed E-state index contributed by atoms with van der Waals surface area (Å²) in [6.45, 7) is 4.50. The molecule has 0 bridgehead atoms. The largest absolute Gasteiger partial charge is 0.495 e. The molecule has 0 aliphatic carbocycles. The predicted octanol–water partition coefficient (Wildman–Crippen LogP) is 2.49. The molecule has 1 heterocycles. The number of hydrogen-bond acceptors (Lipinski definition) is 5. The second-order valence-electron chi connectivity index (χ2n) is 6.72. The zero-order valence-electron chi connectivity index (χ0n) is 16.0. The Balaban J connectivity index is 1.84. The maximum atomic E-state index is 13.4. The zero-order chi connectivity index (χ0) is 20.1. The van der Waals surface area contributed by atoms with Crippen molar-refractivity contribution in [2.75, 3.05) is 40.0 Å². The van der Waals surface area contributed by atoms with E-state index in [9.17, 15) is 12.8 Å². The summed E-state index contributed by atoms with van der Waals surface area (Å²) >= 11 is 0. The van der Waals surface area contributed by atoms with E-state index >= 15 is 0 Å². The van der Waals surface area contributed by atoms with Crippen molar-refractivity contribution in [3.63, 3.8) is 0 Å². The Bertz CT molecular complexity index is 897. The fourth-order valence-electron chi connectivity index (χ4n) is 3.29. The first-order chi connectivity index (χ1) is 13.4.